The Morgan fingerprint density at radius 3 is 1.77 bits per heavy atom. The minimum Gasteiger partial charge on any atom is -0.480 e. The molecule has 0 spiro atoms. The van der Waals surface area contributed by atoms with Crippen LogP contribution in [0, 0.1) is 5.92 Å². The summed E-state index contributed by atoms with van der Waals surface area (Å²) >= 11 is 1.53. The van der Waals surface area contributed by atoms with Crippen molar-refractivity contribution in [2.45, 2.75) is 63.7 Å². The minimum atomic E-state index is -1.17. The zero-order valence-electron chi connectivity index (χ0n) is 22.8. The van der Waals surface area contributed by atoms with Gasteiger partial charge in [0.25, 0.3) is 0 Å². The van der Waals surface area contributed by atoms with Gasteiger partial charge in [0.2, 0.25) is 17.7 Å². The van der Waals surface area contributed by atoms with Gasteiger partial charge in [0.05, 0.1) is 6.04 Å². The quantitative estimate of drug-likeness (QED) is 0.213. The summed E-state index contributed by atoms with van der Waals surface area (Å²) in [5.41, 5.74) is 7.79. The Morgan fingerprint density at radius 2 is 1.26 bits per heavy atom. The number of amides is 3. The third kappa shape index (κ3) is 11.5. The molecule has 0 aromatic heterocycles. The van der Waals surface area contributed by atoms with Crippen molar-refractivity contribution in [1.82, 2.24) is 16.0 Å². The van der Waals surface area contributed by atoms with Gasteiger partial charge in [-0.15, -0.1) is 0 Å². The Balaban J connectivity index is 2.10. The smallest absolute Gasteiger partial charge is 0.326 e. The number of benzene rings is 2. The molecule has 4 atom stereocenters. The third-order valence-corrected chi connectivity index (χ3v) is 6.76. The Labute approximate surface area is 234 Å². The van der Waals surface area contributed by atoms with Crippen LogP contribution < -0.4 is 21.7 Å². The Bertz CT molecular complexity index is 1070. The second-order valence-electron chi connectivity index (χ2n) is 9.92. The maximum atomic E-state index is 13.3. The van der Waals surface area contributed by atoms with E-state index >= 15 is 0 Å². The molecule has 10 heteroatoms. The van der Waals surface area contributed by atoms with Crippen LogP contribution in [-0.4, -0.2) is 65.0 Å². The van der Waals surface area contributed by atoms with E-state index in [0.29, 0.717) is 25.0 Å². The fourth-order valence-corrected chi connectivity index (χ4v) is 4.51. The van der Waals surface area contributed by atoms with E-state index < -0.39 is 47.9 Å². The van der Waals surface area contributed by atoms with Crippen LogP contribution >= 0.6 is 11.8 Å². The van der Waals surface area contributed by atoms with Crippen LogP contribution in [0.5, 0.6) is 0 Å². The predicted molar refractivity (Wildman–Crippen MR) is 154 cm³/mol. The second kappa shape index (κ2) is 16.6. The lowest BCUT2D eigenvalue weighted by Gasteiger charge is -2.26. The van der Waals surface area contributed by atoms with Gasteiger partial charge >= 0.3 is 5.97 Å². The number of hydrogen-bond donors (Lipinski definition) is 5. The molecule has 0 aliphatic carbocycles. The van der Waals surface area contributed by atoms with E-state index in [-0.39, 0.29) is 12.3 Å². The molecular formula is C29H40N4O5S. The standard InChI is InChI=1S/C29H40N4O5S/c1-19(2)16-24(28(36)33-25(29(37)38)18-21-12-8-5-9-13-21)32-27(35)23(14-15-39-3)31-26(34)22(30)17-20-10-6-4-7-11-20/h4-13,19,22-25H,14-18,30H2,1-3H3,(H,31,34)(H,32,35)(H,33,36)(H,37,38). The number of carbonyl (C=O) groups excluding carboxylic acids is 3. The second-order valence-corrected chi connectivity index (χ2v) is 10.9. The van der Waals surface area contributed by atoms with Gasteiger partial charge in [-0.3, -0.25) is 14.4 Å². The molecule has 3 amide bonds. The molecule has 2 aromatic carbocycles. The summed E-state index contributed by atoms with van der Waals surface area (Å²) in [6.07, 6.45) is 2.96. The number of aliphatic carboxylic acids is 1. The average Bonchev–Trinajstić information content (AvgIpc) is 2.90. The van der Waals surface area contributed by atoms with Crippen molar-refractivity contribution in [3.05, 3.63) is 71.8 Å². The lowest BCUT2D eigenvalue weighted by Crippen LogP contribution is -2.57. The molecule has 4 unspecified atom stereocenters. The summed E-state index contributed by atoms with van der Waals surface area (Å²) in [5.74, 6) is -2.09. The Kier molecular flexibility index (Phi) is 13.5. The van der Waals surface area contributed by atoms with Gasteiger partial charge < -0.3 is 26.8 Å². The van der Waals surface area contributed by atoms with Gasteiger partial charge in [0.1, 0.15) is 18.1 Å². The fourth-order valence-electron chi connectivity index (χ4n) is 4.04. The van der Waals surface area contributed by atoms with Gasteiger partial charge in [-0.1, -0.05) is 74.5 Å². The van der Waals surface area contributed by atoms with Crippen molar-refractivity contribution in [2.75, 3.05) is 12.0 Å². The van der Waals surface area contributed by atoms with Crippen LogP contribution in [-0.2, 0) is 32.0 Å². The molecule has 39 heavy (non-hydrogen) atoms. The lowest BCUT2D eigenvalue weighted by molar-refractivity contribution is -0.142. The summed E-state index contributed by atoms with van der Waals surface area (Å²) in [7, 11) is 0. The summed E-state index contributed by atoms with van der Waals surface area (Å²) in [5, 5.41) is 17.8. The minimum absolute atomic E-state index is 0.0389. The predicted octanol–water partition coefficient (Wildman–Crippen LogP) is 2.14. The van der Waals surface area contributed by atoms with Gasteiger partial charge in [-0.25, -0.2) is 4.79 Å². The largest absolute Gasteiger partial charge is 0.480 e. The molecule has 0 aliphatic heterocycles. The highest BCUT2D eigenvalue weighted by Crippen LogP contribution is 2.10. The molecule has 0 heterocycles. The SMILES string of the molecule is CSCCC(NC(=O)C(N)Cc1ccccc1)C(=O)NC(CC(C)C)C(=O)NC(Cc1ccccc1)C(=O)O. The number of thioether (sulfide) groups is 1. The van der Waals surface area contributed by atoms with Crippen LogP contribution in [0.15, 0.2) is 60.7 Å². The van der Waals surface area contributed by atoms with Crippen LogP contribution in [0.4, 0.5) is 0 Å². The number of hydrogen-bond acceptors (Lipinski definition) is 6. The number of nitrogens with two attached hydrogens (primary N) is 1. The maximum absolute atomic E-state index is 13.3. The van der Waals surface area contributed by atoms with Crippen LogP contribution in [0.1, 0.15) is 37.8 Å². The molecule has 212 valence electrons. The highest BCUT2D eigenvalue weighted by Gasteiger charge is 2.30. The number of carbonyl (C=O) groups is 4. The van der Waals surface area contributed by atoms with E-state index in [0.717, 1.165) is 11.1 Å². The molecular weight excluding hydrogens is 516 g/mol. The van der Waals surface area contributed by atoms with Crippen molar-refractivity contribution < 1.29 is 24.3 Å². The number of nitrogens with one attached hydrogen (secondary N) is 3. The summed E-state index contributed by atoms with van der Waals surface area (Å²) < 4.78 is 0. The molecule has 2 rings (SSSR count). The molecule has 2 aromatic rings. The fraction of sp³-hybridized carbons (Fsp3) is 0.448. The first-order chi connectivity index (χ1) is 18.6. The Morgan fingerprint density at radius 1 is 0.769 bits per heavy atom. The summed E-state index contributed by atoms with van der Waals surface area (Å²) in [6, 6.07) is 14.5. The van der Waals surface area contributed by atoms with E-state index in [1.54, 1.807) is 24.3 Å². The molecule has 0 fully saturated rings. The van der Waals surface area contributed by atoms with E-state index in [9.17, 15) is 24.3 Å². The van der Waals surface area contributed by atoms with Gasteiger partial charge in [0, 0.05) is 6.42 Å². The van der Waals surface area contributed by atoms with Crippen molar-refractivity contribution in [3.63, 3.8) is 0 Å². The summed E-state index contributed by atoms with van der Waals surface area (Å²) in [6.45, 7) is 3.81. The van der Waals surface area contributed by atoms with Crippen molar-refractivity contribution in [2.24, 2.45) is 11.7 Å². The molecule has 0 radical (unpaired) electrons. The molecule has 0 aliphatic rings. The molecule has 0 bridgehead atoms. The van der Waals surface area contributed by atoms with Crippen LogP contribution in [0.3, 0.4) is 0 Å². The maximum Gasteiger partial charge on any atom is 0.326 e. The lowest BCUT2D eigenvalue weighted by atomic mass is 10.0. The Hall–Kier alpha value is -3.37. The van der Waals surface area contributed by atoms with Crippen molar-refractivity contribution in [3.8, 4) is 0 Å². The first-order valence-corrected chi connectivity index (χ1v) is 14.5. The number of carboxylic acid groups (broad SMARTS) is 1. The van der Waals surface area contributed by atoms with Gasteiger partial charge in [-0.05, 0) is 48.3 Å². The monoisotopic (exact) mass is 556 g/mol. The molecule has 0 saturated carbocycles. The molecule has 0 saturated heterocycles. The highest BCUT2D eigenvalue weighted by molar-refractivity contribution is 7.98. The average molecular weight is 557 g/mol. The summed E-state index contributed by atoms with van der Waals surface area (Å²) in [4.78, 5) is 51.2. The van der Waals surface area contributed by atoms with E-state index in [4.69, 9.17) is 5.73 Å². The number of carboxylic acids is 1. The first kappa shape index (κ1) is 31.8. The zero-order valence-corrected chi connectivity index (χ0v) is 23.6. The molecule has 6 N–H and O–H groups in total. The topological polar surface area (TPSA) is 151 Å². The normalized spacial score (nSPS) is 14.1. The highest BCUT2D eigenvalue weighted by atomic mass is 32.2. The van der Waals surface area contributed by atoms with Gasteiger partial charge in [-0.2, -0.15) is 11.8 Å². The van der Waals surface area contributed by atoms with E-state index in [1.807, 2.05) is 56.5 Å². The number of rotatable bonds is 16. The first-order valence-electron chi connectivity index (χ1n) is 13.1. The van der Waals surface area contributed by atoms with E-state index in [2.05, 4.69) is 16.0 Å². The van der Waals surface area contributed by atoms with Crippen LogP contribution in [0.2, 0.25) is 0 Å². The van der Waals surface area contributed by atoms with Crippen LogP contribution in [0.25, 0.3) is 0 Å². The van der Waals surface area contributed by atoms with Crippen molar-refractivity contribution in [1.29, 1.82) is 0 Å². The van der Waals surface area contributed by atoms with E-state index in [1.165, 1.54) is 11.8 Å². The zero-order chi connectivity index (χ0) is 28.8. The van der Waals surface area contributed by atoms with Gasteiger partial charge in [0.15, 0.2) is 0 Å². The van der Waals surface area contributed by atoms with Crippen molar-refractivity contribution >= 4 is 35.5 Å². The molecule has 9 nitrogen and oxygen atoms in total. The third-order valence-electron chi connectivity index (χ3n) is 6.12.